The molecule has 0 saturated carbocycles. The number of pyridine rings is 1. The summed E-state index contributed by atoms with van der Waals surface area (Å²) in [4.78, 5) is 17.8. The largest absolute Gasteiger partial charge is 0.506 e. The Balaban J connectivity index is 2.75. The second kappa shape index (κ2) is 7.78. The van der Waals surface area contributed by atoms with Gasteiger partial charge in [-0.25, -0.2) is 0 Å². The normalized spacial score (nSPS) is 11.8. The molecule has 1 aromatic heterocycles. The van der Waals surface area contributed by atoms with E-state index in [2.05, 4.69) is 25.8 Å². The Morgan fingerprint density at radius 2 is 2.10 bits per heavy atom. The van der Waals surface area contributed by atoms with E-state index in [-0.39, 0.29) is 23.7 Å². The average molecular weight is 292 g/mol. The van der Waals surface area contributed by atoms with Crippen molar-refractivity contribution in [2.45, 2.75) is 27.2 Å². The first-order chi connectivity index (χ1) is 9.81. The van der Waals surface area contributed by atoms with Crippen LogP contribution in [0.3, 0.4) is 0 Å². The molecule has 0 radical (unpaired) electrons. The van der Waals surface area contributed by atoms with E-state index in [1.807, 2.05) is 0 Å². The summed E-state index contributed by atoms with van der Waals surface area (Å²) in [6.45, 7) is 7.40. The number of aromatic hydroxyl groups is 1. The first-order valence-corrected chi connectivity index (χ1v) is 7.04. The van der Waals surface area contributed by atoms with Crippen molar-refractivity contribution >= 4 is 12.0 Å². The van der Waals surface area contributed by atoms with Crippen LogP contribution in [-0.4, -0.2) is 45.7 Å². The average Bonchev–Trinajstić information content (AvgIpc) is 2.39. The van der Waals surface area contributed by atoms with Crippen molar-refractivity contribution < 1.29 is 15.0 Å². The summed E-state index contributed by atoms with van der Waals surface area (Å²) in [6.07, 6.45) is 6.57. The maximum atomic E-state index is 12.3. The van der Waals surface area contributed by atoms with Gasteiger partial charge < -0.3 is 15.1 Å². The van der Waals surface area contributed by atoms with Gasteiger partial charge in [-0.05, 0) is 29.5 Å². The fourth-order valence-corrected chi connectivity index (χ4v) is 1.91. The number of carbonyl (C=O) groups excluding carboxylic acids is 1. The van der Waals surface area contributed by atoms with Crippen molar-refractivity contribution in [3.63, 3.8) is 0 Å². The van der Waals surface area contributed by atoms with Crippen LogP contribution in [0.25, 0.3) is 6.08 Å². The second-order valence-electron chi connectivity index (χ2n) is 6.21. The summed E-state index contributed by atoms with van der Waals surface area (Å²) in [5, 5.41) is 18.3. The molecule has 0 aliphatic heterocycles. The summed E-state index contributed by atoms with van der Waals surface area (Å²) in [5.41, 5.74) is 0.659. The SMILES string of the molecule is CC(C)(C)CN(CCCO)C(=O)/C=C/c1cncc(O)c1. The fraction of sp³-hybridized carbons (Fsp3) is 0.500. The van der Waals surface area contributed by atoms with Gasteiger partial charge in [-0.2, -0.15) is 0 Å². The molecule has 0 aliphatic rings. The molecule has 0 saturated heterocycles. The lowest BCUT2D eigenvalue weighted by Gasteiger charge is -2.29. The molecule has 1 rings (SSSR count). The van der Waals surface area contributed by atoms with Gasteiger partial charge in [0.25, 0.3) is 0 Å². The van der Waals surface area contributed by atoms with Crippen LogP contribution in [0, 0.1) is 5.41 Å². The van der Waals surface area contributed by atoms with Gasteiger partial charge in [0.15, 0.2) is 0 Å². The smallest absolute Gasteiger partial charge is 0.246 e. The van der Waals surface area contributed by atoms with Crippen LogP contribution in [-0.2, 0) is 4.79 Å². The van der Waals surface area contributed by atoms with Crippen molar-refractivity contribution in [3.8, 4) is 5.75 Å². The molecule has 0 spiro atoms. The van der Waals surface area contributed by atoms with E-state index in [9.17, 15) is 9.90 Å². The predicted octanol–water partition coefficient (Wildman–Crippen LogP) is 2.06. The number of hydrogen-bond acceptors (Lipinski definition) is 4. The zero-order chi connectivity index (χ0) is 15.9. The second-order valence-corrected chi connectivity index (χ2v) is 6.21. The molecular weight excluding hydrogens is 268 g/mol. The molecule has 1 heterocycles. The molecule has 0 atom stereocenters. The zero-order valence-electron chi connectivity index (χ0n) is 12.9. The quantitative estimate of drug-likeness (QED) is 0.787. The minimum atomic E-state index is -0.110. The predicted molar refractivity (Wildman–Crippen MR) is 82.7 cm³/mol. The van der Waals surface area contributed by atoms with Crippen LogP contribution in [0.15, 0.2) is 24.5 Å². The number of aromatic nitrogens is 1. The lowest BCUT2D eigenvalue weighted by atomic mass is 9.96. The first-order valence-electron chi connectivity index (χ1n) is 7.04. The highest BCUT2D eigenvalue weighted by molar-refractivity contribution is 5.91. The highest BCUT2D eigenvalue weighted by Gasteiger charge is 2.19. The van der Waals surface area contributed by atoms with Crippen LogP contribution < -0.4 is 0 Å². The van der Waals surface area contributed by atoms with Crippen molar-refractivity contribution in [2.24, 2.45) is 5.41 Å². The number of hydrogen-bond donors (Lipinski definition) is 2. The third-order valence-corrected chi connectivity index (χ3v) is 2.73. The van der Waals surface area contributed by atoms with E-state index in [0.29, 0.717) is 25.1 Å². The van der Waals surface area contributed by atoms with Crippen molar-refractivity contribution in [1.29, 1.82) is 0 Å². The van der Waals surface area contributed by atoms with Crippen molar-refractivity contribution in [1.82, 2.24) is 9.88 Å². The molecule has 21 heavy (non-hydrogen) atoms. The van der Waals surface area contributed by atoms with Crippen LogP contribution in [0.4, 0.5) is 0 Å². The molecule has 0 aromatic carbocycles. The van der Waals surface area contributed by atoms with Gasteiger partial charge in [0, 0.05) is 32.0 Å². The monoisotopic (exact) mass is 292 g/mol. The molecule has 0 fully saturated rings. The first kappa shape index (κ1) is 17.2. The van der Waals surface area contributed by atoms with E-state index in [1.54, 1.807) is 23.2 Å². The third-order valence-electron chi connectivity index (χ3n) is 2.73. The lowest BCUT2D eigenvalue weighted by molar-refractivity contribution is -0.127. The molecule has 0 bridgehead atoms. The van der Waals surface area contributed by atoms with E-state index in [1.165, 1.54) is 12.3 Å². The standard InChI is InChI=1S/C16H24N2O3/c1-16(2,3)12-18(7-4-8-19)15(21)6-5-13-9-14(20)11-17-10-13/h5-6,9-11,19-20H,4,7-8,12H2,1-3H3/b6-5+. The van der Waals surface area contributed by atoms with E-state index < -0.39 is 0 Å². The van der Waals surface area contributed by atoms with Crippen LogP contribution >= 0.6 is 0 Å². The molecule has 5 nitrogen and oxygen atoms in total. The minimum absolute atomic E-state index is 0.00841. The van der Waals surface area contributed by atoms with Gasteiger partial charge in [-0.15, -0.1) is 0 Å². The topological polar surface area (TPSA) is 73.7 Å². The highest BCUT2D eigenvalue weighted by Crippen LogP contribution is 2.16. The van der Waals surface area contributed by atoms with Crippen molar-refractivity contribution in [3.05, 3.63) is 30.1 Å². The highest BCUT2D eigenvalue weighted by atomic mass is 16.3. The maximum Gasteiger partial charge on any atom is 0.246 e. The molecular formula is C16H24N2O3. The van der Waals surface area contributed by atoms with Gasteiger partial charge in [0.1, 0.15) is 5.75 Å². The molecule has 0 aliphatic carbocycles. The summed E-state index contributed by atoms with van der Waals surface area (Å²) < 4.78 is 0. The Morgan fingerprint density at radius 3 is 2.67 bits per heavy atom. The Kier molecular flexibility index (Phi) is 6.37. The summed E-state index contributed by atoms with van der Waals surface area (Å²) in [5.74, 6) is -0.0434. The fourth-order valence-electron chi connectivity index (χ4n) is 1.91. The van der Waals surface area contributed by atoms with Crippen molar-refractivity contribution in [2.75, 3.05) is 19.7 Å². The van der Waals surface area contributed by atoms with Gasteiger partial charge in [-0.3, -0.25) is 9.78 Å². The molecule has 0 unspecified atom stereocenters. The molecule has 1 aromatic rings. The van der Waals surface area contributed by atoms with Gasteiger partial charge in [0.2, 0.25) is 5.91 Å². The van der Waals surface area contributed by atoms with E-state index in [4.69, 9.17) is 5.11 Å². The van der Waals surface area contributed by atoms with E-state index in [0.717, 1.165) is 0 Å². The number of aliphatic hydroxyl groups is 1. The molecule has 116 valence electrons. The Morgan fingerprint density at radius 1 is 1.38 bits per heavy atom. The van der Waals surface area contributed by atoms with Gasteiger partial charge >= 0.3 is 0 Å². The number of nitrogens with zero attached hydrogens (tertiary/aromatic N) is 2. The Bertz CT molecular complexity index is 493. The van der Waals surface area contributed by atoms with Crippen LogP contribution in [0.1, 0.15) is 32.8 Å². The number of amides is 1. The van der Waals surface area contributed by atoms with E-state index >= 15 is 0 Å². The zero-order valence-corrected chi connectivity index (χ0v) is 12.9. The van der Waals surface area contributed by atoms with Crippen LogP contribution in [0.2, 0.25) is 0 Å². The third kappa shape index (κ3) is 6.90. The number of carbonyl (C=O) groups is 1. The summed E-state index contributed by atoms with van der Waals surface area (Å²) >= 11 is 0. The van der Waals surface area contributed by atoms with Crippen LogP contribution in [0.5, 0.6) is 5.75 Å². The lowest BCUT2D eigenvalue weighted by Crippen LogP contribution is -2.37. The minimum Gasteiger partial charge on any atom is -0.506 e. The molecule has 1 amide bonds. The number of rotatable bonds is 6. The van der Waals surface area contributed by atoms with Gasteiger partial charge in [-0.1, -0.05) is 20.8 Å². The Hall–Kier alpha value is -1.88. The molecule has 2 N–H and O–H groups in total. The maximum absolute atomic E-state index is 12.3. The van der Waals surface area contributed by atoms with Gasteiger partial charge in [0.05, 0.1) is 6.20 Å². The number of aliphatic hydroxyl groups excluding tert-OH is 1. The summed E-state index contributed by atoms with van der Waals surface area (Å²) in [7, 11) is 0. The summed E-state index contributed by atoms with van der Waals surface area (Å²) in [6, 6.07) is 1.54. The molecule has 5 heteroatoms. The Labute approximate surface area is 125 Å².